The van der Waals surface area contributed by atoms with Gasteiger partial charge in [-0.1, -0.05) is 5.16 Å². The molecule has 0 N–H and O–H groups in total. The van der Waals surface area contributed by atoms with Crippen LogP contribution in [0.15, 0.2) is 47.0 Å². The lowest BCUT2D eigenvalue weighted by atomic mass is 9.97. The number of aromatic nitrogens is 2. The van der Waals surface area contributed by atoms with E-state index in [0.29, 0.717) is 36.1 Å². The Hall–Kier alpha value is -3.80. The number of benzene rings is 2. The SMILES string of the molecule is N#Cc1ccc(N2CCCC(c3nc(-c4ccc(F)cc4)no3)C2)c([N+](=O)[O-])c1. The standard InChI is InChI=1S/C20H16FN5O3/c21-16-6-4-14(5-7-16)19-23-20(29-24-19)15-2-1-9-25(12-15)17-8-3-13(11-22)10-18(17)26(27)28/h3-8,10,15H,1-2,9,12H2. The van der Waals surface area contributed by atoms with Gasteiger partial charge in [0, 0.05) is 24.7 Å². The van der Waals surface area contributed by atoms with Gasteiger partial charge < -0.3 is 9.42 Å². The highest BCUT2D eigenvalue weighted by Crippen LogP contribution is 2.35. The number of rotatable bonds is 4. The van der Waals surface area contributed by atoms with E-state index in [2.05, 4.69) is 10.1 Å². The van der Waals surface area contributed by atoms with Gasteiger partial charge in [0.05, 0.1) is 22.5 Å². The Balaban J connectivity index is 1.57. The molecule has 1 fully saturated rings. The summed E-state index contributed by atoms with van der Waals surface area (Å²) in [6, 6.07) is 12.2. The van der Waals surface area contributed by atoms with E-state index in [1.165, 1.54) is 18.2 Å². The Morgan fingerprint density at radius 1 is 1.28 bits per heavy atom. The summed E-state index contributed by atoms with van der Waals surface area (Å²) in [6.07, 6.45) is 1.61. The molecule has 1 unspecified atom stereocenters. The monoisotopic (exact) mass is 393 g/mol. The second-order valence-electron chi connectivity index (χ2n) is 6.82. The lowest BCUT2D eigenvalue weighted by molar-refractivity contribution is -0.384. The Morgan fingerprint density at radius 2 is 2.07 bits per heavy atom. The molecule has 1 atom stereocenters. The van der Waals surface area contributed by atoms with Gasteiger partial charge in [0.25, 0.3) is 5.69 Å². The number of nitro groups is 1. The van der Waals surface area contributed by atoms with Crippen molar-refractivity contribution in [1.82, 2.24) is 10.1 Å². The van der Waals surface area contributed by atoms with E-state index in [9.17, 15) is 14.5 Å². The van der Waals surface area contributed by atoms with Gasteiger partial charge in [0.1, 0.15) is 11.5 Å². The van der Waals surface area contributed by atoms with Crippen molar-refractivity contribution in [2.45, 2.75) is 18.8 Å². The Kier molecular flexibility index (Phi) is 4.91. The third-order valence-electron chi connectivity index (χ3n) is 4.96. The molecule has 0 saturated carbocycles. The smallest absolute Gasteiger partial charge is 0.293 e. The summed E-state index contributed by atoms with van der Waals surface area (Å²) >= 11 is 0. The molecule has 8 nitrogen and oxygen atoms in total. The molecule has 1 aliphatic rings. The van der Waals surface area contributed by atoms with Crippen LogP contribution in [-0.2, 0) is 0 Å². The summed E-state index contributed by atoms with van der Waals surface area (Å²) in [5, 5.41) is 24.5. The number of anilines is 1. The van der Waals surface area contributed by atoms with Crippen molar-refractivity contribution in [3.63, 3.8) is 0 Å². The molecular weight excluding hydrogens is 377 g/mol. The third kappa shape index (κ3) is 3.78. The Morgan fingerprint density at radius 3 is 2.79 bits per heavy atom. The summed E-state index contributed by atoms with van der Waals surface area (Å²) in [7, 11) is 0. The zero-order chi connectivity index (χ0) is 20.4. The summed E-state index contributed by atoms with van der Waals surface area (Å²) in [5.74, 6) is 0.400. The number of halogens is 1. The first-order valence-electron chi connectivity index (χ1n) is 9.08. The normalized spacial score (nSPS) is 16.4. The Bertz CT molecular complexity index is 1090. The molecule has 29 heavy (non-hydrogen) atoms. The molecule has 2 aromatic carbocycles. The minimum Gasteiger partial charge on any atom is -0.365 e. The summed E-state index contributed by atoms with van der Waals surface area (Å²) < 4.78 is 18.5. The van der Waals surface area contributed by atoms with Crippen LogP contribution in [0.4, 0.5) is 15.8 Å². The number of nitro benzene ring substituents is 1. The lowest BCUT2D eigenvalue weighted by Crippen LogP contribution is -2.34. The average molecular weight is 393 g/mol. The number of nitrogens with zero attached hydrogens (tertiary/aromatic N) is 5. The predicted molar refractivity (Wildman–Crippen MR) is 102 cm³/mol. The molecule has 0 spiro atoms. The zero-order valence-corrected chi connectivity index (χ0v) is 15.3. The topological polar surface area (TPSA) is 109 Å². The van der Waals surface area contributed by atoms with Gasteiger partial charge in [-0.15, -0.1) is 0 Å². The highest BCUT2D eigenvalue weighted by atomic mass is 19.1. The van der Waals surface area contributed by atoms with Crippen molar-refractivity contribution in [3.05, 3.63) is 69.9 Å². The second-order valence-corrected chi connectivity index (χ2v) is 6.82. The van der Waals surface area contributed by atoms with E-state index in [4.69, 9.17) is 9.78 Å². The molecule has 1 saturated heterocycles. The van der Waals surface area contributed by atoms with Crippen molar-refractivity contribution >= 4 is 11.4 Å². The van der Waals surface area contributed by atoms with Crippen LogP contribution >= 0.6 is 0 Å². The number of piperidine rings is 1. The molecule has 4 rings (SSSR count). The highest BCUT2D eigenvalue weighted by Gasteiger charge is 2.29. The maximum absolute atomic E-state index is 13.1. The summed E-state index contributed by atoms with van der Waals surface area (Å²) in [4.78, 5) is 17.4. The minimum absolute atomic E-state index is 0.0827. The van der Waals surface area contributed by atoms with Crippen LogP contribution in [0, 0.1) is 27.3 Å². The quantitative estimate of drug-likeness (QED) is 0.486. The van der Waals surface area contributed by atoms with E-state index in [1.54, 1.807) is 24.3 Å². The van der Waals surface area contributed by atoms with Gasteiger partial charge in [-0.3, -0.25) is 10.1 Å². The van der Waals surface area contributed by atoms with Crippen molar-refractivity contribution < 1.29 is 13.8 Å². The molecule has 2 heterocycles. The van der Waals surface area contributed by atoms with Crippen molar-refractivity contribution in [2.75, 3.05) is 18.0 Å². The molecule has 146 valence electrons. The first-order chi connectivity index (χ1) is 14.0. The minimum atomic E-state index is -0.473. The van der Waals surface area contributed by atoms with Gasteiger partial charge in [-0.05, 0) is 49.2 Å². The van der Waals surface area contributed by atoms with E-state index >= 15 is 0 Å². The molecule has 0 radical (unpaired) electrons. The first kappa shape index (κ1) is 18.6. The Labute approximate surface area is 165 Å². The van der Waals surface area contributed by atoms with Crippen LogP contribution < -0.4 is 4.90 Å². The van der Waals surface area contributed by atoms with Gasteiger partial charge >= 0.3 is 0 Å². The maximum atomic E-state index is 13.1. The summed E-state index contributed by atoms with van der Waals surface area (Å²) in [5.41, 5.74) is 1.27. The van der Waals surface area contributed by atoms with Gasteiger partial charge in [0.2, 0.25) is 11.7 Å². The molecule has 3 aromatic rings. The fraction of sp³-hybridized carbons (Fsp3) is 0.250. The highest BCUT2D eigenvalue weighted by molar-refractivity contribution is 5.66. The fourth-order valence-corrected chi connectivity index (χ4v) is 3.52. The predicted octanol–water partition coefficient (Wildman–Crippen LogP) is 4.04. The van der Waals surface area contributed by atoms with Gasteiger partial charge in [-0.25, -0.2) is 4.39 Å². The van der Waals surface area contributed by atoms with Crippen LogP contribution in [0.2, 0.25) is 0 Å². The van der Waals surface area contributed by atoms with Gasteiger partial charge in [0.15, 0.2) is 0 Å². The third-order valence-corrected chi connectivity index (χ3v) is 4.96. The van der Waals surface area contributed by atoms with E-state index < -0.39 is 4.92 Å². The molecular formula is C20H16FN5O3. The van der Waals surface area contributed by atoms with Crippen LogP contribution in [-0.4, -0.2) is 28.2 Å². The van der Waals surface area contributed by atoms with Gasteiger partial charge in [-0.2, -0.15) is 10.2 Å². The maximum Gasteiger partial charge on any atom is 0.293 e. The molecule has 0 aliphatic carbocycles. The van der Waals surface area contributed by atoms with E-state index in [-0.39, 0.29) is 23.0 Å². The van der Waals surface area contributed by atoms with Crippen LogP contribution in [0.1, 0.15) is 30.2 Å². The fourth-order valence-electron chi connectivity index (χ4n) is 3.52. The number of nitriles is 1. The van der Waals surface area contributed by atoms with Crippen molar-refractivity contribution in [1.29, 1.82) is 5.26 Å². The molecule has 1 aliphatic heterocycles. The number of hydrogen-bond acceptors (Lipinski definition) is 7. The summed E-state index contributed by atoms with van der Waals surface area (Å²) in [6.45, 7) is 1.14. The average Bonchev–Trinajstić information content (AvgIpc) is 3.24. The molecule has 0 bridgehead atoms. The number of hydrogen-bond donors (Lipinski definition) is 0. The van der Waals surface area contributed by atoms with Crippen LogP contribution in [0.25, 0.3) is 11.4 Å². The van der Waals surface area contributed by atoms with Crippen molar-refractivity contribution in [2.24, 2.45) is 0 Å². The van der Waals surface area contributed by atoms with E-state index in [0.717, 1.165) is 12.8 Å². The first-order valence-corrected chi connectivity index (χ1v) is 9.08. The van der Waals surface area contributed by atoms with Crippen molar-refractivity contribution in [3.8, 4) is 17.5 Å². The molecule has 1 aromatic heterocycles. The lowest BCUT2D eigenvalue weighted by Gasteiger charge is -2.32. The van der Waals surface area contributed by atoms with Crippen LogP contribution in [0.5, 0.6) is 0 Å². The van der Waals surface area contributed by atoms with Crippen LogP contribution in [0.3, 0.4) is 0 Å². The largest absolute Gasteiger partial charge is 0.365 e. The molecule has 0 amide bonds. The zero-order valence-electron chi connectivity index (χ0n) is 15.3. The van der Waals surface area contributed by atoms with E-state index in [1.807, 2.05) is 11.0 Å². The molecule has 9 heteroatoms. The second kappa shape index (κ2) is 7.67.